The average Bonchev–Trinajstić information content (AvgIpc) is 2.78. The van der Waals surface area contributed by atoms with Crippen molar-refractivity contribution in [2.45, 2.75) is 39.5 Å². The Kier molecular flexibility index (Phi) is 6.32. The van der Waals surface area contributed by atoms with Crippen molar-refractivity contribution in [3.8, 4) is 0 Å². The predicted octanol–water partition coefficient (Wildman–Crippen LogP) is 1.26. The van der Waals surface area contributed by atoms with Crippen LogP contribution in [0.1, 0.15) is 32.4 Å². The molecule has 1 aromatic heterocycles. The van der Waals surface area contributed by atoms with Crippen LogP contribution in [0.4, 0.5) is 0 Å². The minimum absolute atomic E-state index is 0.209. The lowest BCUT2D eigenvalue weighted by Crippen LogP contribution is -2.33. The maximum absolute atomic E-state index is 5.87. The first-order valence-electron chi connectivity index (χ1n) is 6.62. The molecule has 0 aliphatic rings. The molecule has 1 aromatic rings. The second-order valence-corrected chi connectivity index (χ2v) is 4.78. The van der Waals surface area contributed by atoms with E-state index in [0.29, 0.717) is 6.54 Å². The molecule has 1 unspecified atom stereocenters. The Morgan fingerprint density at radius 2 is 2.22 bits per heavy atom. The van der Waals surface area contributed by atoms with E-state index in [-0.39, 0.29) is 12.1 Å². The summed E-state index contributed by atoms with van der Waals surface area (Å²) in [6.45, 7) is 9.25. The molecule has 0 saturated heterocycles. The van der Waals surface area contributed by atoms with E-state index >= 15 is 0 Å². The highest BCUT2D eigenvalue weighted by atomic mass is 16.5. The zero-order chi connectivity index (χ0) is 13.5. The van der Waals surface area contributed by atoms with Crippen molar-refractivity contribution in [3.63, 3.8) is 0 Å². The fourth-order valence-electron chi connectivity index (χ4n) is 1.88. The van der Waals surface area contributed by atoms with Crippen LogP contribution in [0.15, 0.2) is 12.4 Å². The van der Waals surface area contributed by atoms with Gasteiger partial charge in [-0.15, -0.1) is 0 Å². The van der Waals surface area contributed by atoms with Gasteiger partial charge in [-0.2, -0.15) is 5.10 Å². The van der Waals surface area contributed by atoms with E-state index in [1.807, 2.05) is 24.7 Å². The van der Waals surface area contributed by atoms with Gasteiger partial charge >= 0.3 is 0 Å². The van der Waals surface area contributed by atoms with Crippen LogP contribution in [0.5, 0.6) is 0 Å². The molecule has 1 atom stereocenters. The number of hydrogen-bond acceptors (Lipinski definition) is 4. The Morgan fingerprint density at radius 1 is 1.50 bits per heavy atom. The quantitative estimate of drug-likeness (QED) is 0.759. The summed E-state index contributed by atoms with van der Waals surface area (Å²) in [6, 6.07) is 0.209. The highest BCUT2D eigenvalue weighted by Crippen LogP contribution is 2.17. The second kappa shape index (κ2) is 7.51. The van der Waals surface area contributed by atoms with E-state index in [0.717, 1.165) is 19.7 Å². The highest BCUT2D eigenvalue weighted by Gasteiger charge is 2.16. The molecule has 104 valence electrons. The van der Waals surface area contributed by atoms with Crippen molar-refractivity contribution in [2.24, 2.45) is 5.73 Å². The van der Waals surface area contributed by atoms with Gasteiger partial charge in [0.05, 0.1) is 18.9 Å². The number of aryl methyl sites for hydroxylation is 1. The Balaban J connectivity index is 2.53. The van der Waals surface area contributed by atoms with E-state index < -0.39 is 0 Å². The predicted molar refractivity (Wildman–Crippen MR) is 73.4 cm³/mol. The van der Waals surface area contributed by atoms with Crippen LogP contribution in [0, 0.1) is 0 Å². The Hall–Kier alpha value is -0.910. The van der Waals surface area contributed by atoms with Crippen molar-refractivity contribution in [3.05, 3.63) is 18.0 Å². The number of ether oxygens (including phenoxy) is 1. The van der Waals surface area contributed by atoms with E-state index in [2.05, 4.69) is 30.2 Å². The molecule has 5 nitrogen and oxygen atoms in total. The second-order valence-electron chi connectivity index (χ2n) is 4.78. The highest BCUT2D eigenvalue weighted by molar-refractivity contribution is 5.11. The van der Waals surface area contributed by atoms with Gasteiger partial charge in [0.25, 0.3) is 0 Å². The molecule has 0 saturated carbocycles. The van der Waals surface area contributed by atoms with E-state index in [4.69, 9.17) is 10.5 Å². The average molecular weight is 254 g/mol. The zero-order valence-corrected chi connectivity index (χ0v) is 12.0. The summed E-state index contributed by atoms with van der Waals surface area (Å²) in [5.74, 6) is 0. The fraction of sp³-hybridized carbons (Fsp3) is 0.769. The van der Waals surface area contributed by atoms with Crippen LogP contribution >= 0.6 is 0 Å². The minimum atomic E-state index is 0.209. The monoisotopic (exact) mass is 254 g/mol. The molecule has 0 aliphatic heterocycles. The molecule has 0 radical (unpaired) electrons. The van der Waals surface area contributed by atoms with Crippen molar-refractivity contribution >= 4 is 0 Å². The molecule has 1 rings (SSSR count). The first kappa shape index (κ1) is 15.1. The topological polar surface area (TPSA) is 56.3 Å². The minimum Gasteiger partial charge on any atom is -0.377 e. The third-order valence-electron chi connectivity index (χ3n) is 3.01. The summed E-state index contributed by atoms with van der Waals surface area (Å²) in [7, 11) is 2.07. The zero-order valence-electron chi connectivity index (χ0n) is 12.0. The Bertz CT molecular complexity index is 337. The van der Waals surface area contributed by atoms with Crippen LogP contribution < -0.4 is 5.73 Å². The van der Waals surface area contributed by atoms with E-state index in [1.165, 1.54) is 5.56 Å². The molecule has 1 heterocycles. The maximum Gasteiger partial charge on any atom is 0.0597 e. The standard InChI is InChI=1S/C13H26N4O/c1-5-17-10-12(9-15-17)13(8-14)16(4)6-7-18-11(2)3/h9-11,13H,5-8,14H2,1-4H3. The molecule has 0 fully saturated rings. The van der Waals surface area contributed by atoms with Gasteiger partial charge in [0.2, 0.25) is 0 Å². The van der Waals surface area contributed by atoms with Crippen LogP contribution in [-0.2, 0) is 11.3 Å². The smallest absolute Gasteiger partial charge is 0.0597 e. The van der Waals surface area contributed by atoms with Crippen molar-refractivity contribution in [2.75, 3.05) is 26.7 Å². The van der Waals surface area contributed by atoms with Crippen molar-refractivity contribution in [1.82, 2.24) is 14.7 Å². The van der Waals surface area contributed by atoms with Gasteiger partial charge in [0.15, 0.2) is 0 Å². The van der Waals surface area contributed by atoms with Gasteiger partial charge in [-0.3, -0.25) is 9.58 Å². The first-order chi connectivity index (χ1) is 8.58. The van der Waals surface area contributed by atoms with Gasteiger partial charge in [-0.1, -0.05) is 0 Å². The van der Waals surface area contributed by atoms with E-state index in [1.54, 1.807) is 0 Å². The number of rotatable bonds is 8. The fourth-order valence-corrected chi connectivity index (χ4v) is 1.88. The van der Waals surface area contributed by atoms with Gasteiger partial charge in [-0.25, -0.2) is 0 Å². The molecule has 0 amide bonds. The lowest BCUT2D eigenvalue weighted by atomic mass is 10.1. The van der Waals surface area contributed by atoms with Crippen LogP contribution in [0.2, 0.25) is 0 Å². The molecule has 2 N–H and O–H groups in total. The molecule has 18 heavy (non-hydrogen) atoms. The number of nitrogens with two attached hydrogens (primary N) is 1. The summed E-state index contributed by atoms with van der Waals surface area (Å²) in [5.41, 5.74) is 7.04. The summed E-state index contributed by atoms with van der Waals surface area (Å²) in [4.78, 5) is 2.22. The van der Waals surface area contributed by atoms with Gasteiger partial charge in [0, 0.05) is 37.4 Å². The molecule has 0 spiro atoms. The van der Waals surface area contributed by atoms with Gasteiger partial charge in [-0.05, 0) is 27.8 Å². The normalized spacial score (nSPS) is 13.5. The summed E-state index contributed by atoms with van der Waals surface area (Å²) < 4.78 is 7.49. The molecular weight excluding hydrogens is 228 g/mol. The summed E-state index contributed by atoms with van der Waals surface area (Å²) in [5, 5.41) is 4.30. The largest absolute Gasteiger partial charge is 0.377 e. The van der Waals surface area contributed by atoms with Crippen LogP contribution in [-0.4, -0.2) is 47.5 Å². The van der Waals surface area contributed by atoms with Gasteiger partial charge < -0.3 is 10.5 Å². The Labute approximate surface area is 110 Å². The third kappa shape index (κ3) is 4.40. The lowest BCUT2D eigenvalue weighted by molar-refractivity contribution is 0.0564. The first-order valence-corrected chi connectivity index (χ1v) is 6.62. The molecule has 0 bridgehead atoms. The number of aromatic nitrogens is 2. The maximum atomic E-state index is 5.87. The lowest BCUT2D eigenvalue weighted by Gasteiger charge is -2.26. The number of likely N-dealkylation sites (N-methyl/N-ethyl adjacent to an activating group) is 1. The number of hydrogen-bond donors (Lipinski definition) is 1. The van der Waals surface area contributed by atoms with Crippen molar-refractivity contribution in [1.29, 1.82) is 0 Å². The van der Waals surface area contributed by atoms with Crippen LogP contribution in [0.25, 0.3) is 0 Å². The van der Waals surface area contributed by atoms with Gasteiger partial charge in [0.1, 0.15) is 0 Å². The molecule has 0 aliphatic carbocycles. The molecular formula is C13H26N4O. The summed E-state index contributed by atoms with van der Waals surface area (Å²) >= 11 is 0. The third-order valence-corrected chi connectivity index (χ3v) is 3.01. The molecule has 5 heteroatoms. The van der Waals surface area contributed by atoms with E-state index in [9.17, 15) is 0 Å². The Morgan fingerprint density at radius 3 is 2.72 bits per heavy atom. The van der Waals surface area contributed by atoms with Crippen molar-refractivity contribution < 1.29 is 4.74 Å². The molecule has 0 aromatic carbocycles. The summed E-state index contributed by atoms with van der Waals surface area (Å²) in [6.07, 6.45) is 4.25. The number of nitrogens with zero attached hydrogens (tertiary/aromatic N) is 3. The SMILES string of the molecule is CCn1cc(C(CN)N(C)CCOC(C)C)cn1. The van der Waals surface area contributed by atoms with Crippen LogP contribution in [0.3, 0.4) is 0 Å².